The molecule has 0 aromatic heterocycles. The topological polar surface area (TPSA) is 43.4 Å². The molecule has 0 unspecified atom stereocenters. The smallest absolute Gasteiger partial charge is 0.328 e. The first-order valence-electron chi connectivity index (χ1n) is 3.01. The highest BCUT2D eigenvalue weighted by Crippen LogP contribution is 2.19. The van der Waals surface area contributed by atoms with Crippen LogP contribution >= 0.6 is 0 Å². The quantitative estimate of drug-likeness (QED) is 0.401. The molecule has 0 spiro atoms. The third kappa shape index (κ3) is 0.943. The van der Waals surface area contributed by atoms with Crippen molar-refractivity contribution in [3.63, 3.8) is 0 Å². The SMILES string of the molecule is CCCC1C(=O)OC1=O. The maximum absolute atomic E-state index is 10.4. The van der Waals surface area contributed by atoms with Crippen molar-refractivity contribution in [3.05, 3.63) is 0 Å². The summed E-state index contributed by atoms with van der Waals surface area (Å²) in [6.07, 6.45) is 1.49. The predicted octanol–water partition coefficient (Wildman–Crippen LogP) is 0.486. The largest absolute Gasteiger partial charge is 0.392 e. The second-order valence-corrected chi connectivity index (χ2v) is 2.08. The van der Waals surface area contributed by atoms with E-state index in [1.54, 1.807) is 0 Å². The van der Waals surface area contributed by atoms with Crippen LogP contribution in [0, 0.1) is 5.92 Å². The summed E-state index contributed by atoms with van der Waals surface area (Å²) < 4.78 is 4.13. The zero-order chi connectivity index (χ0) is 6.85. The summed E-state index contributed by atoms with van der Waals surface area (Å²) in [5, 5.41) is 0. The number of hydrogen-bond donors (Lipinski definition) is 0. The van der Waals surface area contributed by atoms with Gasteiger partial charge in [0.25, 0.3) is 0 Å². The average Bonchev–Trinajstić information content (AvgIpc) is 1.84. The highest BCUT2D eigenvalue weighted by Gasteiger charge is 2.40. The molecule has 0 amide bonds. The molecule has 0 aromatic carbocycles. The van der Waals surface area contributed by atoms with Gasteiger partial charge < -0.3 is 4.74 Å². The molecular weight excluding hydrogens is 120 g/mol. The Morgan fingerprint density at radius 1 is 1.44 bits per heavy atom. The van der Waals surface area contributed by atoms with E-state index in [2.05, 4.69) is 4.74 Å². The molecule has 0 aromatic rings. The van der Waals surface area contributed by atoms with Crippen LogP contribution in [0.3, 0.4) is 0 Å². The maximum Gasteiger partial charge on any atom is 0.328 e. The highest BCUT2D eigenvalue weighted by atomic mass is 16.6. The molecule has 0 N–H and O–H groups in total. The standard InChI is InChI=1S/C6H8O3/c1-2-3-4-5(7)9-6(4)8/h4H,2-3H2,1H3. The lowest BCUT2D eigenvalue weighted by Crippen LogP contribution is -2.40. The second kappa shape index (κ2) is 2.17. The fraction of sp³-hybridized carbons (Fsp3) is 0.667. The normalized spacial score (nSPS) is 19.2. The molecule has 0 bridgehead atoms. The Labute approximate surface area is 53.0 Å². The average molecular weight is 128 g/mol. The highest BCUT2D eigenvalue weighted by molar-refractivity contribution is 6.09. The van der Waals surface area contributed by atoms with Crippen molar-refractivity contribution in [2.75, 3.05) is 0 Å². The summed E-state index contributed by atoms with van der Waals surface area (Å²) in [5.74, 6) is -1.15. The molecule has 1 rings (SSSR count). The van der Waals surface area contributed by atoms with Crippen LogP contribution in [0.1, 0.15) is 19.8 Å². The minimum absolute atomic E-state index is 0.359. The van der Waals surface area contributed by atoms with Gasteiger partial charge in [-0.25, -0.2) is 0 Å². The first-order chi connectivity index (χ1) is 4.25. The van der Waals surface area contributed by atoms with Gasteiger partial charge in [-0.15, -0.1) is 0 Å². The van der Waals surface area contributed by atoms with E-state index in [1.807, 2.05) is 6.92 Å². The van der Waals surface area contributed by atoms with Gasteiger partial charge in [-0.3, -0.25) is 9.59 Å². The van der Waals surface area contributed by atoms with Crippen LogP contribution in [0.4, 0.5) is 0 Å². The molecule has 3 heteroatoms. The molecule has 3 nitrogen and oxygen atoms in total. The van der Waals surface area contributed by atoms with E-state index in [4.69, 9.17) is 0 Å². The molecule has 1 saturated heterocycles. The molecule has 1 fully saturated rings. The van der Waals surface area contributed by atoms with Gasteiger partial charge in [0.2, 0.25) is 0 Å². The van der Waals surface area contributed by atoms with Gasteiger partial charge in [0, 0.05) is 0 Å². The van der Waals surface area contributed by atoms with E-state index in [0.29, 0.717) is 6.42 Å². The van der Waals surface area contributed by atoms with Crippen molar-refractivity contribution in [1.82, 2.24) is 0 Å². The lowest BCUT2D eigenvalue weighted by molar-refractivity contribution is -0.184. The Morgan fingerprint density at radius 2 is 2.00 bits per heavy atom. The minimum atomic E-state index is -0.435. The van der Waals surface area contributed by atoms with Gasteiger partial charge in [-0.1, -0.05) is 13.3 Å². The monoisotopic (exact) mass is 128 g/mol. The summed E-state index contributed by atoms with van der Waals surface area (Å²) >= 11 is 0. The molecule has 0 radical (unpaired) electrons. The van der Waals surface area contributed by atoms with E-state index in [0.717, 1.165) is 6.42 Å². The lowest BCUT2D eigenvalue weighted by atomic mass is 10.0. The zero-order valence-electron chi connectivity index (χ0n) is 5.22. The molecule has 0 saturated carbocycles. The zero-order valence-corrected chi connectivity index (χ0v) is 5.22. The Morgan fingerprint density at radius 3 is 2.22 bits per heavy atom. The number of carbonyl (C=O) groups is 2. The molecule has 1 aliphatic rings. The number of cyclic esters (lactones) is 2. The van der Waals surface area contributed by atoms with Crippen molar-refractivity contribution in [1.29, 1.82) is 0 Å². The van der Waals surface area contributed by atoms with Crippen LogP contribution in [-0.2, 0) is 14.3 Å². The van der Waals surface area contributed by atoms with E-state index in [9.17, 15) is 9.59 Å². The number of rotatable bonds is 2. The van der Waals surface area contributed by atoms with Crippen molar-refractivity contribution in [3.8, 4) is 0 Å². The molecule has 1 heterocycles. The van der Waals surface area contributed by atoms with Crippen LogP contribution in [0.25, 0.3) is 0 Å². The number of carbonyl (C=O) groups excluding carboxylic acids is 2. The van der Waals surface area contributed by atoms with Gasteiger partial charge in [0.05, 0.1) is 0 Å². The van der Waals surface area contributed by atoms with E-state index < -0.39 is 5.92 Å². The molecule has 0 atom stereocenters. The molecule has 0 aliphatic carbocycles. The summed E-state index contributed by atoms with van der Waals surface area (Å²) in [5.41, 5.74) is 0. The fourth-order valence-electron chi connectivity index (χ4n) is 0.804. The van der Waals surface area contributed by atoms with Gasteiger partial charge in [0.1, 0.15) is 0 Å². The van der Waals surface area contributed by atoms with E-state index in [1.165, 1.54) is 0 Å². The van der Waals surface area contributed by atoms with Gasteiger partial charge >= 0.3 is 11.9 Å². The van der Waals surface area contributed by atoms with Crippen LogP contribution in [0.15, 0.2) is 0 Å². The Kier molecular flexibility index (Phi) is 1.51. The maximum atomic E-state index is 10.4. The van der Waals surface area contributed by atoms with Gasteiger partial charge in [-0.2, -0.15) is 0 Å². The number of hydrogen-bond acceptors (Lipinski definition) is 3. The summed E-state index contributed by atoms with van der Waals surface area (Å²) in [7, 11) is 0. The third-order valence-electron chi connectivity index (χ3n) is 1.35. The fourth-order valence-corrected chi connectivity index (χ4v) is 0.804. The van der Waals surface area contributed by atoms with Crippen molar-refractivity contribution in [2.24, 2.45) is 5.92 Å². The van der Waals surface area contributed by atoms with Crippen LogP contribution in [0.2, 0.25) is 0 Å². The minimum Gasteiger partial charge on any atom is -0.392 e. The second-order valence-electron chi connectivity index (χ2n) is 2.08. The van der Waals surface area contributed by atoms with Crippen molar-refractivity contribution in [2.45, 2.75) is 19.8 Å². The Bertz CT molecular complexity index is 136. The molecular formula is C6H8O3. The summed E-state index contributed by atoms with van der Waals surface area (Å²) in [6, 6.07) is 0. The van der Waals surface area contributed by atoms with Crippen molar-refractivity contribution >= 4 is 11.9 Å². The Hall–Kier alpha value is -0.860. The molecule has 1 aliphatic heterocycles. The Balaban J connectivity index is 2.39. The summed E-state index contributed by atoms with van der Waals surface area (Å²) in [4.78, 5) is 20.8. The van der Waals surface area contributed by atoms with Gasteiger partial charge in [0.15, 0.2) is 5.92 Å². The first kappa shape index (κ1) is 6.26. The van der Waals surface area contributed by atoms with Crippen LogP contribution < -0.4 is 0 Å². The molecule has 50 valence electrons. The molecule has 9 heavy (non-hydrogen) atoms. The van der Waals surface area contributed by atoms with Crippen LogP contribution in [0.5, 0.6) is 0 Å². The lowest BCUT2D eigenvalue weighted by Gasteiger charge is -2.20. The summed E-state index contributed by atoms with van der Waals surface area (Å²) in [6.45, 7) is 1.93. The number of esters is 2. The first-order valence-corrected chi connectivity index (χ1v) is 3.01. The van der Waals surface area contributed by atoms with E-state index >= 15 is 0 Å². The van der Waals surface area contributed by atoms with E-state index in [-0.39, 0.29) is 11.9 Å². The van der Waals surface area contributed by atoms with Crippen molar-refractivity contribution < 1.29 is 14.3 Å². The van der Waals surface area contributed by atoms with Gasteiger partial charge in [-0.05, 0) is 6.42 Å². The van der Waals surface area contributed by atoms with Crippen LogP contribution in [-0.4, -0.2) is 11.9 Å². The third-order valence-corrected chi connectivity index (χ3v) is 1.35. The predicted molar refractivity (Wildman–Crippen MR) is 29.5 cm³/mol. The number of ether oxygens (including phenoxy) is 1.